The molecule has 0 saturated carbocycles. The van der Waals surface area contributed by atoms with Crippen molar-refractivity contribution in [1.29, 1.82) is 0 Å². The first-order valence-corrected chi connectivity index (χ1v) is 7.90. The molecule has 0 amide bonds. The van der Waals surface area contributed by atoms with E-state index in [2.05, 4.69) is 5.32 Å². The number of nitrogens with zero attached hydrogens (tertiary/aromatic N) is 1. The number of rotatable bonds is 3. The molecule has 1 aromatic carbocycles. The Balaban J connectivity index is 2.34. The van der Waals surface area contributed by atoms with E-state index in [9.17, 15) is 12.8 Å². The molecule has 0 bridgehead atoms. The Bertz CT molecular complexity index is 565. The minimum Gasteiger partial charge on any atom is -0.316 e. The van der Waals surface area contributed by atoms with Crippen LogP contribution in [0.1, 0.15) is 12.8 Å². The molecule has 106 valence electrons. The van der Waals surface area contributed by atoms with Crippen LogP contribution in [0.4, 0.5) is 4.39 Å². The van der Waals surface area contributed by atoms with Gasteiger partial charge in [-0.3, -0.25) is 0 Å². The highest BCUT2D eigenvalue weighted by molar-refractivity contribution is 7.89. The molecule has 0 aromatic heterocycles. The van der Waals surface area contributed by atoms with Crippen molar-refractivity contribution >= 4 is 21.6 Å². The average Bonchev–Trinajstić information content (AvgIpc) is 2.41. The third-order valence-corrected chi connectivity index (χ3v) is 5.50. The topological polar surface area (TPSA) is 49.4 Å². The van der Waals surface area contributed by atoms with Crippen molar-refractivity contribution in [3.63, 3.8) is 0 Å². The van der Waals surface area contributed by atoms with Gasteiger partial charge in [-0.05, 0) is 32.0 Å². The Morgan fingerprint density at radius 1 is 1.47 bits per heavy atom. The van der Waals surface area contributed by atoms with Gasteiger partial charge in [-0.2, -0.15) is 4.31 Å². The van der Waals surface area contributed by atoms with E-state index in [1.807, 2.05) is 0 Å². The molecule has 1 fully saturated rings. The Hall–Kier alpha value is -0.690. The van der Waals surface area contributed by atoms with Crippen LogP contribution in [0.5, 0.6) is 0 Å². The predicted molar refractivity (Wildman–Crippen MR) is 72.3 cm³/mol. The normalized spacial score (nSPS) is 21.5. The van der Waals surface area contributed by atoms with E-state index in [1.165, 1.54) is 22.5 Å². The monoisotopic (exact) mass is 306 g/mol. The van der Waals surface area contributed by atoms with Gasteiger partial charge >= 0.3 is 0 Å². The first kappa shape index (κ1) is 14.7. The second-order valence-corrected chi connectivity index (χ2v) is 6.86. The summed E-state index contributed by atoms with van der Waals surface area (Å²) in [5.41, 5.74) is 0. The molecule has 0 aliphatic carbocycles. The van der Waals surface area contributed by atoms with E-state index in [0.717, 1.165) is 12.8 Å². The number of nitrogens with one attached hydrogen (secondary N) is 1. The second-order valence-electron chi connectivity index (χ2n) is 4.54. The van der Waals surface area contributed by atoms with Crippen LogP contribution < -0.4 is 5.32 Å². The number of halogens is 2. The van der Waals surface area contributed by atoms with Gasteiger partial charge in [0, 0.05) is 19.1 Å². The number of piperidine rings is 1. The van der Waals surface area contributed by atoms with Crippen LogP contribution in [-0.4, -0.2) is 38.9 Å². The fourth-order valence-electron chi connectivity index (χ4n) is 2.22. The van der Waals surface area contributed by atoms with Crippen LogP contribution in [-0.2, 0) is 10.0 Å². The Labute approximate surface area is 117 Å². The van der Waals surface area contributed by atoms with Crippen molar-refractivity contribution in [2.24, 2.45) is 0 Å². The second kappa shape index (κ2) is 5.75. The first-order chi connectivity index (χ1) is 8.96. The summed E-state index contributed by atoms with van der Waals surface area (Å²) in [4.78, 5) is -0.350. The lowest BCUT2D eigenvalue weighted by atomic mass is 10.1. The molecule has 0 unspecified atom stereocenters. The molecule has 1 saturated heterocycles. The first-order valence-electron chi connectivity index (χ1n) is 6.08. The van der Waals surface area contributed by atoms with E-state index < -0.39 is 15.8 Å². The minimum atomic E-state index is -3.82. The van der Waals surface area contributed by atoms with E-state index in [0.29, 0.717) is 13.1 Å². The van der Waals surface area contributed by atoms with Crippen molar-refractivity contribution < 1.29 is 12.8 Å². The SMILES string of the molecule is CN[C@@H]1CCCN(S(=O)(=O)c2cccc(Cl)c2F)C1. The third-order valence-electron chi connectivity index (χ3n) is 3.33. The zero-order valence-electron chi connectivity index (χ0n) is 10.6. The third kappa shape index (κ3) is 2.91. The quantitative estimate of drug-likeness (QED) is 0.927. The molecule has 7 heteroatoms. The van der Waals surface area contributed by atoms with Crippen LogP contribution in [0, 0.1) is 5.82 Å². The molecule has 1 atom stereocenters. The van der Waals surface area contributed by atoms with Gasteiger partial charge in [-0.1, -0.05) is 17.7 Å². The van der Waals surface area contributed by atoms with E-state index in [4.69, 9.17) is 11.6 Å². The van der Waals surface area contributed by atoms with Crippen LogP contribution >= 0.6 is 11.6 Å². The van der Waals surface area contributed by atoms with Gasteiger partial charge in [-0.25, -0.2) is 12.8 Å². The van der Waals surface area contributed by atoms with Crippen LogP contribution in [0.15, 0.2) is 23.1 Å². The van der Waals surface area contributed by atoms with Crippen LogP contribution in [0.3, 0.4) is 0 Å². The van der Waals surface area contributed by atoms with Crippen molar-refractivity contribution in [2.75, 3.05) is 20.1 Å². The van der Waals surface area contributed by atoms with Gasteiger partial charge in [0.15, 0.2) is 5.82 Å². The molecular weight excluding hydrogens is 291 g/mol. The summed E-state index contributed by atoms with van der Waals surface area (Å²) in [6.45, 7) is 0.761. The Kier molecular flexibility index (Phi) is 4.45. The summed E-state index contributed by atoms with van der Waals surface area (Å²) >= 11 is 5.64. The molecule has 19 heavy (non-hydrogen) atoms. The van der Waals surface area contributed by atoms with E-state index in [-0.39, 0.29) is 16.0 Å². The summed E-state index contributed by atoms with van der Waals surface area (Å²) in [5, 5.41) is 2.88. The number of hydrogen-bond donors (Lipinski definition) is 1. The summed E-state index contributed by atoms with van der Waals surface area (Å²) < 4.78 is 40.0. The Morgan fingerprint density at radius 3 is 2.89 bits per heavy atom. The van der Waals surface area contributed by atoms with Crippen LogP contribution in [0.2, 0.25) is 5.02 Å². The summed E-state index contributed by atoms with van der Waals surface area (Å²) in [7, 11) is -2.03. The van der Waals surface area contributed by atoms with Gasteiger partial charge in [0.2, 0.25) is 10.0 Å². The summed E-state index contributed by atoms with van der Waals surface area (Å²) in [5.74, 6) is -0.879. The van der Waals surface area contributed by atoms with Gasteiger partial charge in [0.25, 0.3) is 0 Å². The van der Waals surface area contributed by atoms with Crippen molar-refractivity contribution in [2.45, 2.75) is 23.8 Å². The summed E-state index contributed by atoms with van der Waals surface area (Å²) in [6.07, 6.45) is 1.67. The maximum absolute atomic E-state index is 13.9. The molecular formula is C12H16ClFN2O2S. The van der Waals surface area contributed by atoms with E-state index >= 15 is 0 Å². The zero-order chi connectivity index (χ0) is 14.0. The smallest absolute Gasteiger partial charge is 0.246 e. The minimum absolute atomic E-state index is 0.103. The molecule has 1 N–H and O–H groups in total. The van der Waals surface area contributed by atoms with Crippen molar-refractivity contribution in [1.82, 2.24) is 9.62 Å². The van der Waals surface area contributed by atoms with E-state index in [1.54, 1.807) is 7.05 Å². The van der Waals surface area contributed by atoms with Gasteiger partial charge in [0.05, 0.1) is 5.02 Å². The fourth-order valence-corrected chi connectivity index (χ4v) is 4.06. The molecule has 1 heterocycles. The molecule has 1 aliphatic heterocycles. The lowest BCUT2D eigenvalue weighted by molar-refractivity contribution is 0.292. The van der Waals surface area contributed by atoms with Gasteiger partial charge in [0.1, 0.15) is 4.90 Å². The molecule has 1 aliphatic rings. The lowest BCUT2D eigenvalue weighted by Crippen LogP contribution is -2.47. The number of sulfonamides is 1. The number of likely N-dealkylation sites (N-methyl/N-ethyl adjacent to an activating group) is 1. The number of benzene rings is 1. The highest BCUT2D eigenvalue weighted by Crippen LogP contribution is 2.26. The average molecular weight is 307 g/mol. The highest BCUT2D eigenvalue weighted by Gasteiger charge is 2.32. The lowest BCUT2D eigenvalue weighted by Gasteiger charge is -2.31. The zero-order valence-corrected chi connectivity index (χ0v) is 12.1. The van der Waals surface area contributed by atoms with Gasteiger partial charge in [-0.15, -0.1) is 0 Å². The van der Waals surface area contributed by atoms with Crippen molar-refractivity contribution in [3.8, 4) is 0 Å². The van der Waals surface area contributed by atoms with Crippen molar-refractivity contribution in [3.05, 3.63) is 29.0 Å². The largest absolute Gasteiger partial charge is 0.316 e. The Morgan fingerprint density at radius 2 is 2.21 bits per heavy atom. The molecule has 4 nitrogen and oxygen atoms in total. The predicted octanol–water partition coefficient (Wildman–Crippen LogP) is 1.85. The maximum Gasteiger partial charge on any atom is 0.246 e. The molecule has 2 rings (SSSR count). The van der Waals surface area contributed by atoms with Gasteiger partial charge < -0.3 is 5.32 Å². The maximum atomic E-state index is 13.9. The summed E-state index contributed by atoms with van der Waals surface area (Å²) in [6, 6.07) is 4.13. The molecule has 0 spiro atoms. The molecule has 0 radical (unpaired) electrons. The van der Waals surface area contributed by atoms with Crippen LogP contribution in [0.25, 0.3) is 0 Å². The highest BCUT2D eigenvalue weighted by atomic mass is 35.5. The number of hydrogen-bond acceptors (Lipinski definition) is 3. The standard InChI is InChI=1S/C12H16ClFN2O2S/c1-15-9-4-3-7-16(8-9)19(17,18)11-6-2-5-10(13)12(11)14/h2,5-6,9,15H,3-4,7-8H2,1H3/t9-/m1/s1. The molecule has 1 aromatic rings. The fraction of sp³-hybridized carbons (Fsp3) is 0.500.